The number of aliphatic hydroxyl groups is 2. The Labute approximate surface area is 202 Å². The van der Waals surface area contributed by atoms with Crippen LogP contribution in [0.25, 0.3) is 0 Å². The van der Waals surface area contributed by atoms with E-state index < -0.39 is 40.0 Å². The molecule has 7 nitrogen and oxygen atoms in total. The molecule has 0 aromatic rings. The van der Waals surface area contributed by atoms with Crippen molar-refractivity contribution < 1.29 is 28.0 Å². The van der Waals surface area contributed by atoms with Gasteiger partial charge in [-0.25, -0.2) is 0 Å². The molecule has 0 bridgehead atoms. The van der Waals surface area contributed by atoms with Crippen LogP contribution in [0, 0.1) is 0 Å². The lowest BCUT2D eigenvalue weighted by atomic mass is 10.0. The Morgan fingerprint density at radius 2 is 1.30 bits per heavy atom. The topological polar surface area (TPSA) is 124 Å². The number of hydrogen-bond acceptors (Lipinski definition) is 5. The number of allylic oxidation sites excluding steroid dienone is 1. The van der Waals surface area contributed by atoms with E-state index >= 15 is 0 Å². The van der Waals surface area contributed by atoms with Crippen LogP contribution >= 0.6 is 0 Å². The fraction of sp³-hybridized carbons (Fsp3) is 0.880. The zero-order valence-electron chi connectivity index (χ0n) is 20.9. The molecule has 0 spiro atoms. The maximum atomic E-state index is 12.3. The third-order valence-electron chi connectivity index (χ3n) is 5.82. The summed E-state index contributed by atoms with van der Waals surface area (Å²) in [4.78, 5) is 12.3. The minimum atomic E-state index is -4.41. The number of aliphatic hydroxyl groups excluding tert-OH is 2. The number of carbonyl (C=O) groups is 1. The summed E-state index contributed by atoms with van der Waals surface area (Å²) in [5, 5.41) is 22.9. The lowest BCUT2D eigenvalue weighted by Crippen LogP contribution is -2.50. The van der Waals surface area contributed by atoms with Crippen LogP contribution in [-0.4, -0.2) is 53.1 Å². The Kier molecular flexibility index (Phi) is 19.8. The predicted octanol–water partition coefficient (Wildman–Crippen LogP) is 4.92. The molecule has 196 valence electrons. The van der Waals surface area contributed by atoms with Gasteiger partial charge >= 0.3 is 0 Å². The Bertz CT molecular complexity index is 608. The molecule has 0 saturated heterocycles. The predicted molar refractivity (Wildman–Crippen MR) is 135 cm³/mol. The third kappa shape index (κ3) is 20.2. The lowest BCUT2D eigenvalue weighted by molar-refractivity contribution is -0.130. The van der Waals surface area contributed by atoms with Crippen molar-refractivity contribution in [1.82, 2.24) is 5.32 Å². The summed E-state index contributed by atoms with van der Waals surface area (Å²) in [6, 6.07) is -1.22. The molecule has 0 heterocycles. The molecule has 1 amide bonds. The summed E-state index contributed by atoms with van der Waals surface area (Å²) in [5.41, 5.74) is 0. The van der Waals surface area contributed by atoms with Crippen molar-refractivity contribution in [1.29, 1.82) is 0 Å². The molecule has 33 heavy (non-hydrogen) atoms. The van der Waals surface area contributed by atoms with Gasteiger partial charge in [-0.2, -0.15) is 8.42 Å². The van der Waals surface area contributed by atoms with Crippen LogP contribution in [0.1, 0.15) is 117 Å². The summed E-state index contributed by atoms with van der Waals surface area (Å²) < 4.78 is 31.9. The van der Waals surface area contributed by atoms with Gasteiger partial charge in [-0.15, -0.1) is 0 Å². The molecule has 0 aliphatic heterocycles. The van der Waals surface area contributed by atoms with E-state index in [0.717, 1.165) is 38.5 Å². The Morgan fingerprint density at radius 3 is 1.82 bits per heavy atom. The number of amides is 1. The number of nitrogens with one attached hydrogen (secondary N) is 1. The van der Waals surface area contributed by atoms with Gasteiger partial charge in [-0.05, 0) is 19.3 Å². The molecule has 3 atom stereocenters. The largest absolute Gasteiger partial charge is 0.387 e. The second kappa shape index (κ2) is 20.4. The molecule has 0 aromatic heterocycles. The molecular weight excluding hydrogens is 442 g/mol. The van der Waals surface area contributed by atoms with E-state index in [0.29, 0.717) is 6.42 Å². The molecule has 0 fully saturated rings. The van der Waals surface area contributed by atoms with Crippen LogP contribution in [0.15, 0.2) is 12.2 Å². The van der Waals surface area contributed by atoms with E-state index in [1.165, 1.54) is 57.4 Å². The van der Waals surface area contributed by atoms with Gasteiger partial charge in [-0.3, -0.25) is 9.35 Å². The average Bonchev–Trinajstić information content (AvgIpc) is 2.75. The van der Waals surface area contributed by atoms with Crippen LogP contribution in [0.5, 0.6) is 0 Å². The quantitative estimate of drug-likeness (QED) is 0.0968. The number of carbonyl (C=O) groups excluding carboxylic acids is 1. The van der Waals surface area contributed by atoms with Gasteiger partial charge in [0.2, 0.25) is 5.91 Å². The molecule has 0 saturated carbocycles. The van der Waals surface area contributed by atoms with Crippen molar-refractivity contribution in [2.45, 2.75) is 135 Å². The van der Waals surface area contributed by atoms with Crippen LogP contribution in [0.4, 0.5) is 0 Å². The Morgan fingerprint density at radius 1 is 0.818 bits per heavy atom. The third-order valence-corrected chi connectivity index (χ3v) is 6.60. The van der Waals surface area contributed by atoms with E-state index in [1.54, 1.807) is 6.08 Å². The summed E-state index contributed by atoms with van der Waals surface area (Å²) in [6.07, 6.45) is 17.3. The summed E-state index contributed by atoms with van der Waals surface area (Å²) >= 11 is 0. The molecule has 0 rings (SSSR count). The monoisotopic (exact) mass is 491 g/mol. The van der Waals surface area contributed by atoms with Crippen molar-refractivity contribution >= 4 is 16.0 Å². The van der Waals surface area contributed by atoms with E-state index in [-0.39, 0.29) is 6.42 Å². The minimum Gasteiger partial charge on any atom is -0.387 e. The molecule has 3 unspecified atom stereocenters. The standard InChI is InChI=1S/C25H49NO6S/c1-3-5-7-9-11-13-15-17-19-23(27)22(21-33(30,31)32)26-25(29)24(28)20-18-16-14-12-10-8-6-4-2/h17,19,22-24,27-28H,3-16,18,20-21H2,1-2H3,(H,26,29)(H,30,31,32)/b19-17+. The Hall–Kier alpha value is -0.960. The van der Waals surface area contributed by atoms with Crippen LogP contribution < -0.4 is 5.32 Å². The Balaban J connectivity index is 4.41. The van der Waals surface area contributed by atoms with Crippen molar-refractivity contribution in [3.05, 3.63) is 12.2 Å². The van der Waals surface area contributed by atoms with E-state index in [1.807, 2.05) is 0 Å². The van der Waals surface area contributed by atoms with Crippen molar-refractivity contribution in [2.75, 3.05) is 5.75 Å². The highest BCUT2D eigenvalue weighted by atomic mass is 32.2. The number of rotatable bonds is 22. The first-order valence-electron chi connectivity index (χ1n) is 13.0. The first kappa shape index (κ1) is 32.0. The highest BCUT2D eigenvalue weighted by molar-refractivity contribution is 7.85. The summed E-state index contributed by atoms with van der Waals surface area (Å²) in [5.74, 6) is -1.54. The average molecular weight is 492 g/mol. The normalized spacial score (nSPS) is 14.9. The fourth-order valence-electron chi connectivity index (χ4n) is 3.75. The fourth-order valence-corrected chi connectivity index (χ4v) is 4.48. The molecule has 4 N–H and O–H groups in total. The van der Waals surface area contributed by atoms with Crippen molar-refractivity contribution in [2.24, 2.45) is 0 Å². The molecular formula is C25H49NO6S. The zero-order valence-corrected chi connectivity index (χ0v) is 21.7. The van der Waals surface area contributed by atoms with Crippen molar-refractivity contribution in [3.63, 3.8) is 0 Å². The second-order valence-corrected chi connectivity index (χ2v) is 10.6. The van der Waals surface area contributed by atoms with Gasteiger partial charge in [-0.1, -0.05) is 109 Å². The lowest BCUT2D eigenvalue weighted by Gasteiger charge is -2.22. The highest BCUT2D eigenvalue weighted by Crippen LogP contribution is 2.12. The first-order valence-corrected chi connectivity index (χ1v) is 14.6. The van der Waals surface area contributed by atoms with Gasteiger partial charge in [0, 0.05) is 0 Å². The van der Waals surface area contributed by atoms with E-state index in [9.17, 15) is 28.0 Å². The molecule has 0 aromatic carbocycles. The van der Waals surface area contributed by atoms with E-state index in [4.69, 9.17) is 0 Å². The zero-order chi connectivity index (χ0) is 25.0. The van der Waals surface area contributed by atoms with Crippen LogP contribution in [-0.2, 0) is 14.9 Å². The number of unbranched alkanes of at least 4 members (excludes halogenated alkanes) is 13. The SMILES string of the molecule is CCCCCCCC/C=C/C(O)C(CS(=O)(=O)O)NC(=O)C(O)CCCCCCCCCC. The number of hydrogen-bond donors (Lipinski definition) is 4. The van der Waals surface area contributed by atoms with Crippen LogP contribution in [0.2, 0.25) is 0 Å². The molecule has 0 radical (unpaired) electrons. The highest BCUT2D eigenvalue weighted by Gasteiger charge is 2.27. The van der Waals surface area contributed by atoms with Gasteiger partial charge in [0.25, 0.3) is 10.1 Å². The summed E-state index contributed by atoms with van der Waals surface area (Å²) in [6.45, 7) is 4.35. The minimum absolute atomic E-state index is 0.281. The van der Waals surface area contributed by atoms with Crippen LogP contribution in [0.3, 0.4) is 0 Å². The van der Waals surface area contributed by atoms with Crippen molar-refractivity contribution in [3.8, 4) is 0 Å². The summed E-state index contributed by atoms with van der Waals surface area (Å²) in [7, 11) is -4.41. The van der Waals surface area contributed by atoms with Gasteiger partial charge in [0.1, 0.15) is 6.10 Å². The molecule has 0 aliphatic carbocycles. The van der Waals surface area contributed by atoms with E-state index in [2.05, 4.69) is 19.2 Å². The van der Waals surface area contributed by atoms with Gasteiger partial charge < -0.3 is 15.5 Å². The van der Waals surface area contributed by atoms with Gasteiger partial charge in [0.15, 0.2) is 0 Å². The molecule has 0 aliphatic rings. The maximum absolute atomic E-state index is 12.3. The molecule has 8 heteroatoms. The smallest absolute Gasteiger partial charge is 0.267 e. The maximum Gasteiger partial charge on any atom is 0.267 e. The first-order chi connectivity index (χ1) is 15.7. The second-order valence-electron chi connectivity index (χ2n) is 9.12. The van der Waals surface area contributed by atoms with Gasteiger partial charge in [0.05, 0.1) is 17.9 Å².